The first-order valence-electron chi connectivity index (χ1n) is 6.92. The van der Waals surface area contributed by atoms with Gasteiger partial charge in [0.05, 0.1) is 11.9 Å². The van der Waals surface area contributed by atoms with Gasteiger partial charge in [-0.1, -0.05) is 13.3 Å². The topological polar surface area (TPSA) is 77.9 Å². The molecule has 0 spiro atoms. The second kappa shape index (κ2) is 5.76. The molecule has 0 aliphatic carbocycles. The maximum absolute atomic E-state index is 12.3. The standard InChI is InChI=1S/C12H22N2O4S/c1-2-7-19(17,18)14-6-4-3-5-11(14)12(16)13-8-10(15)9-13/h10-11,15H,2-9H2,1H3. The van der Waals surface area contributed by atoms with Crippen LogP contribution in [0.3, 0.4) is 0 Å². The van der Waals surface area contributed by atoms with Crippen molar-refractivity contribution in [2.24, 2.45) is 0 Å². The van der Waals surface area contributed by atoms with E-state index in [0.29, 0.717) is 32.5 Å². The third kappa shape index (κ3) is 3.09. The molecule has 1 unspecified atom stereocenters. The van der Waals surface area contributed by atoms with Gasteiger partial charge in [0.2, 0.25) is 15.9 Å². The molecule has 2 saturated heterocycles. The summed E-state index contributed by atoms with van der Waals surface area (Å²) in [4.78, 5) is 13.8. The SMILES string of the molecule is CCCS(=O)(=O)N1CCCCC1C(=O)N1CC(O)C1. The highest BCUT2D eigenvalue weighted by molar-refractivity contribution is 7.89. The number of sulfonamides is 1. The Balaban J connectivity index is 2.10. The number of aliphatic hydroxyl groups excluding tert-OH is 1. The lowest BCUT2D eigenvalue weighted by atomic mass is 10.0. The number of amides is 1. The van der Waals surface area contributed by atoms with Crippen LogP contribution in [0.1, 0.15) is 32.6 Å². The molecule has 7 heteroatoms. The maximum Gasteiger partial charge on any atom is 0.241 e. The van der Waals surface area contributed by atoms with E-state index < -0.39 is 22.2 Å². The third-order valence-electron chi connectivity index (χ3n) is 3.73. The number of hydrogen-bond donors (Lipinski definition) is 1. The molecule has 6 nitrogen and oxygen atoms in total. The van der Waals surface area contributed by atoms with Gasteiger partial charge in [0.25, 0.3) is 0 Å². The number of nitrogens with zero attached hydrogens (tertiary/aromatic N) is 2. The smallest absolute Gasteiger partial charge is 0.241 e. The quantitative estimate of drug-likeness (QED) is 0.777. The van der Waals surface area contributed by atoms with E-state index in [1.54, 1.807) is 4.90 Å². The van der Waals surface area contributed by atoms with Gasteiger partial charge in [-0.05, 0) is 19.3 Å². The van der Waals surface area contributed by atoms with Crippen LogP contribution in [0.25, 0.3) is 0 Å². The van der Waals surface area contributed by atoms with Gasteiger partial charge < -0.3 is 10.0 Å². The van der Waals surface area contributed by atoms with Crippen LogP contribution < -0.4 is 0 Å². The molecule has 2 aliphatic rings. The fourth-order valence-corrected chi connectivity index (χ4v) is 4.45. The van der Waals surface area contributed by atoms with E-state index in [0.717, 1.165) is 12.8 Å². The number of rotatable bonds is 4. The lowest BCUT2D eigenvalue weighted by Gasteiger charge is -2.42. The van der Waals surface area contributed by atoms with Gasteiger partial charge in [-0.25, -0.2) is 8.42 Å². The van der Waals surface area contributed by atoms with Crippen molar-refractivity contribution < 1.29 is 18.3 Å². The number of piperidine rings is 1. The molecule has 2 heterocycles. The minimum atomic E-state index is -3.34. The summed E-state index contributed by atoms with van der Waals surface area (Å²) in [5.74, 6) is -0.0518. The highest BCUT2D eigenvalue weighted by Gasteiger charge is 2.41. The number of carbonyl (C=O) groups excluding carboxylic acids is 1. The lowest BCUT2D eigenvalue weighted by molar-refractivity contribution is -0.146. The van der Waals surface area contributed by atoms with Crippen LogP contribution in [0.4, 0.5) is 0 Å². The van der Waals surface area contributed by atoms with Gasteiger partial charge in [0, 0.05) is 19.6 Å². The number of carbonyl (C=O) groups is 1. The summed E-state index contributed by atoms with van der Waals surface area (Å²) in [7, 11) is -3.34. The summed E-state index contributed by atoms with van der Waals surface area (Å²) in [6, 6.07) is -0.558. The summed E-state index contributed by atoms with van der Waals surface area (Å²) in [6.45, 7) is 2.92. The first-order chi connectivity index (χ1) is 8.95. The molecule has 0 radical (unpaired) electrons. The molecule has 1 atom stereocenters. The van der Waals surface area contributed by atoms with Crippen LogP contribution in [-0.4, -0.2) is 66.2 Å². The second-order valence-corrected chi connectivity index (χ2v) is 7.38. The molecule has 1 amide bonds. The summed E-state index contributed by atoms with van der Waals surface area (Å²) in [6.07, 6.45) is 2.39. The maximum atomic E-state index is 12.3. The molecule has 0 aromatic rings. The molecular formula is C12H22N2O4S. The van der Waals surface area contributed by atoms with Gasteiger partial charge in [-0.2, -0.15) is 4.31 Å². The van der Waals surface area contributed by atoms with E-state index in [9.17, 15) is 18.3 Å². The average molecular weight is 290 g/mol. The summed E-state index contributed by atoms with van der Waals surface area (Å²) < 4.78 is 25.8. The molecule has 19 heavy (non-hydrogen) atoms. The fraction of sp³-hybridized carbons (Fsp3) is 0.917. The monoisotopic (exact) mass is 290 g/mol. The van der Waals surface area contributed by atoms with Gasteiger partial charge in [-0.3, -0.25) is 4.79 Å². The summed E-state index contributed by atoms with van der Waals surface area (Å²) >= 11 is 0. The molecule has 0 saturated carbocycles. The van der Waals surface area contributed by atoms with Crippen molar-refractivity contribution in [3.05, 3.63) is 0 Å². The predicted octanol–water partition coefficient (Wildman–Crippen LogP) is -0.216. The van der Waals surface area contributed by atoms with E-state index in [4.69, 9.17) is 0 Å². The largest absolute Gasteiger partial charge is 0.389 e. The minimum Gasteiger partial charge on any atom is -0.389 e. The van der Waals surface area contributed by atoms with Crippen molar-refractivity contribution in [1.29, 1.82) is 0 Å². The number of aliphatic hydroxyl groups is 1. The Morgan fingerprint density at radius 2 is 2.00 bits per heavy atom. The average Bonchev–Trinajstić information content (AvgIpc) is 2.34. The molecule has 2 fully saturated rings. The van der Waals surface area contributed by atoms with Crippen LogP contribution in [-0.2, 0) is 14.8 Å². The van der Waals surface area contributed by atoms with Crippen LogP contribution in [0.2, 0.25) is 0 Å². The van der Waals surface area contributed by atoms with Crippen molar-refractivity contribution >= 4 is 15.9 Å². The fourth-order valence-electron chi connectivity index (χ4n) is 2.71. The molecule has 0 aromatic heterocycles. The lowest BCUT2D eigenvalue weighted by Crippen LogP contribution is -2.60. The minimum absolute atomic E-state index is 0.0966. The van der Waals surface area contributed by atoms with E-state index in [-0.39, 0.29) is 11.7 Å². The molecule has 2 rings (SSSR count). The van der Waals surface area contributed by atoms with E-state index in [1.165, 1.54) is 4.31 Å². The van der Waals surface area contributed by atoms with Gasteiger partial charge in [0.1, 0.15) is 6.04 Å². The van der Waals surface area contributed by atoms with Crippen molar-refractivity contribution in [2.45, 2.75) is 44.8 Å². The Labute approximate surface area is 114 Å². The first-order valence-corrected chi connectivity index (χ1v) is 8.53. The molecule has 0 aromatic carbocycles. The summed E-state index contributed by atoms with van der Waals surface area (Å²) in [5, 5.41) is 9.25. The van der Waals surface area contributed by atoms with E-state index >= 15 is 0 Å². The number of hydrogen-bond acceptors (Lipinski definition) is 4. The van der Waals surface area contributed by atoms with Crippen LogP contribution >= 0.6 is 0 Å². The van der Waals surface area contributed by atoms with Gasteiger partial charge in [-0.15, -0.1) is 0 Å². The zero-order chi connectivity index (χ0) is 14.0. The first kappa shape index (κ1) is 14.7. The Hall–Kier alpha value is -0.660. The Kier molecular flexibility index (Phi) is 4.47. The van der Waals surface area contributed by atoms with Gasteiger partial charge in [0.15, 0.2) is 0 Å². The second-order valence-electron chi connectivity index (χ2n) is 5.34. The molecule has 0 bridgehead atoms. The van der Waals surface area contributed by atoms with Crippen LogP contribution in [0.5, 0.6) is 0 Å². The highest BCUT2D eigenvalue weighted by Crippen LogP contribution is 2.24. The van der Waals surface area contributed by atoms with Gasteiger partial charge >= 0.3 is 0 Å². The van der Waals surface area contributed by atoms with Crippen LogP contribution in [0.15, 0.2) is 0 Å². The normalized spacial score (nSPS) is 26.2. The predicted molar refractivity (Wildman–Crippen MR) is 71.0 cm³/mol. The van der Waals surface area contributed by atoms with E-state index in [1.807, 2.05) is 6.92 Å². The molecule has 2 aliphatic heterocycles. The van der Waals surface area contributed by atoms with Crippen molar-refractivity contribution in [3.63, 3.8) is 0 Å². The third-order valence-corrected chi connectivity index (χ3v) is 5.81. The zero-order valence-electron chi connectivity index (χ0n) is 11.3. The van der Waals surface area contributed by atoms with Crippen molar-refractivity contribution in [2.75, 3.05) is 25.4 Å². The highest BCUT2D eigenvalue weighted by atomic mass is 32.2. The van der Waals surface area contributed by atoms with E-state index in [2.05, 4.69) is 0 Å². The molecular weight excluding hydrogens is 268 g/mol. The Morgan fingerprint density at radius 3 is 2.58 bits per heavy atom. The zero-order valence-corrected chi connectivity index (χ0v) is 12.1. The Morgan fingerprint density at radius 1 is 1.32 bits per heavy atom. The number of β-amino-alcohol motifs (C(OH)–C–C–N with tert-alkyl or cyclic N) is 1. The summed E-state index contributed by atoms with van der Waals surface area (Å²) in [5.41, 5.74) is 0. The van der Waals surface area contributed by atoms with Crippen LogP contribution in [0, 0.1) is 0 Å². The molecule has 1 N–H and O–H groups in total. The Bertz CT molecular complexity index is 431. The number of likely N-dealkylation sites (tertiary alicyclic amines) is 1. The molecule has 110 valence electrons. The van der Waals surface area contributed by atoms with Crippen molar-refractivity contribution in [3.8, 4) is 0 Å². The van der Waals surface area contributed by atoms with Crippen molar-refractivity contribution in [1.82, 2.24) is 9.21 Å².